The van der Waals surface area contributed by atoms with Crippen LogP contribution in [-0.4, -0.2) is 0 Å². The molecular weight excluding hydrogens is 218 g/mol. The average molecular weight is 228 g/mol. The third kappa shape index (κ3) is 2.36. The molecule has 0 saturated carbocycles. The van der Waals surface area contributed by atoms with Crippen molar-refractivity contribution in [1.82, 2.24) is 0 Å². The van der Waals surface area contributed by atoms with Gasteiger partial charge in [0.05, 0.1) is 11.4 Å². The topological polar surface area (TPSA) is 3.24 Å². The first-order valence-electron chi connectivity index (χ1n) is 4.93. The van der Waals surface area contributed by atoms with Crippen LogP contribution in [0.2, 0.25) is 0 Å². The predicted molar refractivity (Wildman–Crippen MR) is 68.7 cm³/mol. The first-order valence-corrected chi connectivity index (χ1v) is 5.31. The van der Waals surface area contributed by atoms with Crippen LogP contribution in [0, 0.1) is 11.4 Å². The second-order valence-electron chi connectivity index (χ2n) is 3.21. The normalized spacial score (nSPS) is 9.06. The molecule has 1 nitrogen and oxygen atoms in total. The van der Waals surface area contributed by atoms with Gasteiger partial charge in [0.2, 0.25) is 0 Å². The van der Waals surface area contributed by atoms with E-state index in [1.54, 1.807) is 0 Å². The van der Waals surface area contributed by atoms with E-state index < -0.39 is 0 Å². The Kier molecular flexibility index (Phi) is 3.48. The zero-order valence-electron chi connectivity index (χ0n) is 8.60. The Morgan fingerprint density at radius 2 is 1.19 bits per heavy atom. The molecule has 0 aliphatic carbocycles. The molecule has 0 aliphatic heterocycles. The molecule has 0 aromatic heterocycles. The minimum atomic E-state index is 1.00. The smallest absolute Gasteiger partial charge is 0.0546 e. The summed E-state index contributed by atoms with van der Waals surface area (Å²) in [5.41, 5.74) is 2.00. The predicted octanol–water partition coefficient (Wildman–Crippen LogP) is 3.98. The molecule has 2 heteroatoms. The van der Waals surface area contributed by atoms with Gasteiger partial charge in [0.1, 0.15) is 0 Å². The van der Waals surface area contributed by atoms with Crippen LogP contribution >= 0.6 is 11.6 Å². The maximum Gasteiger partial charge on any atom is 0.0546 e. The Bertz CT molecular complexity index is 457. The van der Waals surface area contributed by atoms with E-state index in [0.717, 1.165) is 11.4 Å². The molecule has 2 rings (SSSR count). The molecule has 0 fully saturated rings. The van der Waals surface area contributed by atoms with Crippen molar-refractivity contribution in [1.29, 1.82) is 0 Å². The Labute approximate surface area is 100 Å². The molecule has 2 aromatic carbocycles. The van der Waals surface area contributed by atoms with Crippen molar-refractivity contribution < 1.29 is 0 Å². The number of rotatable bonds is 2. The molecule has 0 heterocycles. The van der Waals surface area contributed by atoms with Crippen molar-refractivity contribution in [2.75, 3.05) is 4.90 Å². The highest BCUT2D eigenvalue weighted by molar-refractivity contribution is 6.30. The van der Waals surface area contributed by atoms with Gasteiger partial charge in [-0.15, -0.1) is 0 Å². The number of benzene rings is 2. The van der Waals surface area contributed by atoms with E-state index in [-0.39, 0.29) is 0 Å². The molecule has 0 bridgehead atoms. The van der Waals surface area contributed by atoms with Crippen LogP contribution in [0.1, 0.15) is 0 Å². The Balaban J connectivity index is 2.42. The SMILES string of the molecule is ClC#CN(c1ccccc1)c1ccccc1. The zero-order chi connectivity index (χ0) is 11.2. The Morgan fingerprint density at radius 1 is 0.750 bits per heavy atom. The van der Waals surface area contributed by atoms with Crippen LogP contribution in [0.5, 0.6) is 0 Å². The van der Waals surface area contributed by atoms with Crippen molar-refractivity contribution in [3.05, 3.63) is 60.7 Å². The van der Waals surface area contributed by atoms with E-state index in [9.17, 15) is 0 Å². The van der Waals surface area contributed by atoms with E-state index >= 15 is 0 Å². The van der Waals surface area contributed by atoms with Crippen LogP contribution in [0.3, 0.4) is 0 Å². The molecule has 0 N–H and O–H groups in total. The van der Waals surface area contributed by atoms with Crippen LogP contribution < -0.4 is 4.90 Å². The average Bonchev–Trinajstić information content (AvgIpc) is 2.38. The fraction of sp³-hybridized carbons (Fsp3) is 0. The summed E-state index contributed by atoms with van der Waals surface area (Å²) in [6, 6.07) is 22.7. The highest BCUT2D eigenvalue weighted by Crippen LogP contribution is 2.23. The van der Waals surface area contributed by atoms with Crippen molar-refractivity contribution >= 4 is 23.0 Å². The molecule has 0 radical (unpaired) electrons. The van der Waals surface area contributed by atoms with Gasteiger partial charge in [0.15, 0.2) is 0 Å². The van der Waals surface area contributed by atoms with Gasteiger partial charge in [-0.2, -0.15) is 0 Å². The van der Waals surface area contributed by atoms with Gasteiger partial charge in [0, 0.05) is 11.4 Å². The zero-order valence-corrected chi connectivity index (χ0v) is 9.35. The molecule has 0 aliphatic rings. The lowest BCUT2D eigenvalue weighted by atomic mass is 10.2. The summed E-state index contributed by atoms with van der Waals surface area (Å²) in [5, 5.41) is 2.41. The van der Waals surface area contributed by atoms with Gasteiger partial charge in [-0.1, -0.05) is 36.4 Å². The molecule has 2 aromatic rings. The quantitative estimate of drug-likeness (QED) is 0.554. The van der Waals surface area contributed by atoms with Gasteiger partial charge in [-0.05, 0) is 35.9 Å². The summed E-state index contributed by atoms with van der Waals surface area (Å²) in [6.45, 7) is 0. The number of anilines is 2. The van der Waals surface area contributed by atoms with Crippen LogP contribution in [0.4, 0.5) is 11.4 Å². The molecule has 0 amide bonds. The summed E-state index contributed by atoms with van der Waals surface area (Å²) in [7, 11) is 0. The Morgan fingerprint density at radius 3 is 1.56 bits per heavy atom. The first kappa shape index (κ1) is 10.6. The minimum absolute atomic E-state index is 1.00. The molecule has 0 saturated heterocycles. The highest BCUT2D eigenvalue weighted by Gasteiger charge is 2.04. The molecule has 0 atom stereocenters. The van der Waals surface area contributed by atoms with Crippen LogP contribution in [0.15, 0.2) is 60.7 Å². The van der Waals surface area contributed by atoms with Gasteiger partial charge in [0.25, 0.3) is 0 Å². The van der Waals surface area contributed by atoms with Crippen molar-refractivity contribution in [3.63, 3.8) is 0 Å². The molecular formula is C14H10ClN. The van der Waals surface area contributed by atoms with Crippen molar-refractivity contribution in [3.8, 4) is 11.4 Å². The maximum atomic E-state index is 5.49. The monoisotopic (exact) mass is 227 g/mol. The summed E-state index contributed by atoms with van der Waals surface area (Å²) >= 11 is 5.49. The maximum absolute atomic E-state index is 5.49. The lowest BCUT2D eigenvalue weighted by Crippen LogP contribution is -2.08. The molecule has 16 heavy (non-hydrogen) atoms. The van der Waals surface area contributed by atoms with Crippen LogP contribution in [-0.2, 0) is 0 Å². The fourth-order valence-corrected chi connectivity index (χ4v) is 1.56. The summed E-state index contributed by atoms with van der Waals surface area (Å²) in [5.74, 6) is 0. The van der Waals surface area contributed by atoms with Crippen LogP contribution in [0.25, 0.3) is 0 Å². The summed E-state index contributed by atoms with van der Waals surface area (Å²) in [4.78, 5) is 1.85. The van der Waals surface area contributed by atoms with Gasteiger partial charge in [-0.25, -0.2) is 0 Å². The number of para-hydroxylation sites is 2. The standard InChI is InChI=1S/C14H10ClN/c15-11-12-16(13-7-3-1-4-8-13)14-9-5-2-6-10-14/h1-10H. The summed E-state index contributed by atoms with van der Waals surface area (Å²) < 4.78 is 0. The van der Waals surface area contributed by atoms with Gasteiger partial charge in [-0.3, -0.25) is 4.90 Å². The highest BCUT2D eigenvalue weighted by atomic mass is 35.5. The Hall–Kier alpha value is -1.91. The number of nitrogens with zero attached hydrogens (tertiary/aromatic N) is 1. The fourth-order valence-electron chi connectivity index (χ4n) is 1.47. The number of hydrogen-bond donors (Lipinski definition) is 0. The molecule has 0 spiro atoms. The minimum Gasteiger partial charge on any atom is -0.269 e. The summed E-state index contributed by atoms with van der Waals surface area (Å²) in [6.07, 6.45) is 0. The van der Waals surface area contributed by atoms with E-state index in [0.29, 0.717) is 0 Å². The van der Waals surface area contributed by atoms with Crippen molar-refractivity contribution in [2.24, 2.45) is 0 Å². The lowest BCUT2D eigenvalue weighted by Gasteiger charge is -2.17. The number of halogens is 1. The van der Waals surface area contributed by atoms with Gasteiger partial charge >= 0.3 is 0 Å². The first-order chi connectivity index (χ1) is 7.92. The second-order valence-corrected chi connectivity index (χ2v) is 3.40. The lowest BCUT2D eigenvalue weighted by molar-refractivity contribution is 1.33. The van der Waals surface area contributed by atoms with Crippen molar-refractivity contribution in [2.45, 2.75) is 0 Å². The third-order valence-electron chi connectivity index (χ3n) is 2.18. The molecule has 78 valence electrons. The van der Waals surface area contributed by atoms with E-state index in [2.05, 4.69) is 11.4 Å². The van der Waals surface area contributed by atoms with Gasteiger partial charge < -0.3 is 0 Å². The largest absolute Gasteiger partial charge is 0.269 e. The number of hydrogen-bond acceptors (Lipinski definition) is 1. The van der Waals surface area contributed by atoms with E-state index in [4.69, 9.17) is 11.6 Å². The van der Waals surface area contributed by atoms with E-state index in [1.165, 1.54) is 0 Å². The molecule has 0 unspecified atom stereocenters. The third-order valence-corrected chi connectivity index (χ3v) is 2.27. The second kappa shape index (κ2) is 5.25. The van der Waals surface area contributed by atoms with E-state index in [1.807, 2.05) is 65.6 Å².